The van der Waals surface area contributed by atoms with Crippen LogP contribution in [0.15, 0.2) is 18.2 Å². The molecule has 4 nitrogen and oxygen atoms in total. The van der Waals surface area contributed by atoms with Crippen LogP contribution in [0.4, 0.5) is 5.69 Å². The smallest absolute Gasteiger partial charge is 0.307 e. The fourth-order valence-corrected chi connectivity index (χ4v) is 1.71. The molecule has 1 rings (SSSR count). The molecule has 0 unspecified atom stereocenters. The molecule has 0 radical (unpaired) electrons. The molecule has 0 fully saturated rings. The van der Waals surface area contributed by atoms with Crippen molar-refractivity contribution in [1.82, 2.24) is 0 Å². The second kappa shape index (κ2) is 6.89. The van der Waals surface area contributed by atoms with Crippen molar-refractivity contribution in [2.75, 3.05) is 26.1 Å². The van der Waals surface area contributed by atoms with E-state index in [2.05, 4.69) is 30.0 Å². The standard InChI is InChI=1S/C14H21NO3/c1-10(2)12-9-11(5-6-13(12)17-3)15-8-7-14(16)18-4/h5-6,9-10,15H,7-8H2,1-4H3. The van der Waals surface area contributed by atoms with E-state index in [1.807, 2.05) is 12.1 Å². The summed E-state index contributed by atoms with van der Waals surface area (Å²) in [5.74, 6) is 1.07. The molecule has 1 aromatic rings. The number of ether oxygens (including phenoxy) is 2. The Hall–Kier alpha value is -1.71. The predicted octanol–water partition coefficient (Wildman–Crippen LogP) is 2.79. The van der Waals surface area contributed by atoms with E-state index in [9.17, 15) is 4.79 Å². The number of nitrogens with one attached hydrogen (secondary N) is 1. The quantitative estimate of drug-likeness (QED) is 0.790. The zero-order chi connectivity index (χ0) is 13.5. The molecule has 1 aromatic carbocycles. The van der Waals surface area contributed by atoms with E-state index < -0.39 is 0 Å². The highest BCUT2D eigenvalue weighted by atomic mass is 16.5. The number of rotatable bonds is 6. The van der Waals surface area contributed by atoms with E-state index in [-0.39, 0.29) is 5.97 Å². The van der Waals surface area contributed by atoms with Gasteiger partial charge in [0.1, 0.15) is 5.75 Å². The van der Waals surface area contributed by atoms with Crippen LogP contribution in [-0.4, -0.2) is 26.7 Å². The van der Waals surface area contributed by atoms with Crippen LogP contribution in [0, 0.1) is 0 Å². The molecule has 0 atom stereocenters. The maximum atomic E-state index is 11.0. The highest BCUT2D eigenvalue weighted by Crippen LogP contribution is 2.29. The monoisotopic (exact) mass is 251 g/mol. The van der Waals surface area contributed by atoms with Crippen LogP contribution < -0.4 is 10.1 Å². The van der Waals surface area contributed by atoms with Gasteiger partial charge in [0.05, 0.1) is 20.6 Å². The Morgan fingerprint density at radius 1 is 1.33 bits per heavy atom. The molecule has 0 saturated heterocycles. The van der Waals surface area contributed by atoms with Gasteiger partial charge in [0.15, 0.2) is 0 Å². The Balaban J connectivity index is 2.67. The third kappa shape index (κ3) is 3.95. The van der Waals surface area contributed by atoms with E-state index in [4.69, 9.17) is 4.74 Å². The van der Waals surface area contributed by atoms with Crippen LogP contribution in [0.2, 0.25) is 0 Å². The average Bonchev–Trinajstić information content (AvgIpc) is 2.38. The highest BCUT2D eigenvalue weighted by molar-refractivity contribution is 5.69. The lowest BCUT2D eigenvalue weighted by molar-refractivity contribution is -0.140. The summed E-state index contributed by atoms with van der Waals surface area (Å²) in [6, 6.07) is 5.94. The van der Waals surface area contributed by atoms with Crippen molar-refractivity contribution < 1.29 is 14.3 Å². The van der Waals surface area contributed by atoms with Gasteiger partial charge in [-0.2, -0.15) is 0 Å². The van der Waals surface area contributed by atoms with Crippen molar-refractivity contribution in [3.8, 4) is 5.75 Å². The van der Waals surface area contributed by atoms with Crippen LogP contribution in [0.5, 0.6) is 5.75 Å². The molecular formula is C14H21NO3. The molecule has 4 heteroatoms. The van der Waals surface area contributed by atoms with Crippen molar-refractivity contribution in [1.29, 1.82) is 0 Å². The Morgan fingerprint density at radius 3 is 2.61 bits per heavy atom. The average molecular weight is 251 g/mol. The van der Waals surface area contributed by atoms with Crippen molar-refractivity contribution in [3.63, 3.8) is 0 Å². The third-order valence-corrected chi connectivity index (χ3v) is 2.74. The van der Waals surface area contributed by atoms with Gasteiger partial charge in [-0.3, -0.25) is 4.79 Å². The maximum Gasteiger partial charge on any atom is 0.307 e. The summed E-state index contributed by atoms with van der Waals surface area (Å²) >= 11 is 0. The summed E-state index contributed by atoms with van der Waals surface area (Å²) in [5, 5.41) is 3.20. The summed E-state index contributed by atoms with van der Waals surface area (Å²) in [4.78, 5) is 11.0. The van der Waals surface area contributed by atoms with Crippen LogP contribution in [0.25, 0.3) is 0 Å². The Bertz CT molecular complexity index is 402. The Labute approximate surface area is 108 Å². The molecular weight excluding hydrogens is 230 g/mol. The van der Waals surface area contributed by atoms with Gasteiger partial charge in [-0.25, -0.2) is 0 Å². The number of carbonyl (C=O) groups is 1. The first-order valence-corrected chi connectivity index (χ1v) is 6.07. The van der Waals surface area contributed by atoms with Gasteiger partial charge in [0, 0.05) is 12.2 Å². The first-order valence-electron chi connectivity index (χ1n) is 6.07. The van der Waals surface area contributed by atoms with Gasteiger partial charge in [-0.05, 0) is 29.7 Å². The number of hydrogen-bond donors (Lipinski definition) is 1. The summed E-state index contributed by atoms with van der Waals surface area (Å²) in [6.07, 6.45) is 0.361. The first-order chi connectivity index (χ1) is 8.58. The lowest BCUT2D eigenvalue weighted by Gasteiger charge is -2.14. The summed E-state index contributed by atoms with van der Waals surface area (Å²) < 4.78 is 9.91. The lowest BCUT2D eigenvalue weighted by atomic mass is 10.0. The minimum atomic E-state index is -0.208. The molecule has 0 heterocycles. The molecule has 0 spiro atoms. The molecule has 0 bridgehead atoms. The van der Waals surface area contributed by atoms with Crippen LogP contribution >= 0.6 is 0 Å². The van der Waals surface area contributed by atoms with Gasteiger partial charge in [0.2, 0.25) is 0 Å². The predicted molar refractivity (Wildman–Crippen MR) is 72.2 cm³/mol. The fourth-order valence-electron chi connectivity index (χ4n) is 1.71. The molecule has 0 aromatic heterocycles. The normalized spacial score (nSPS) is 10.3. The minimum absolute atomic E-state index is 0.208. The van der Waals surface area contributed by atoms with Crippen molar-refractivity contribution in [2.45, 2.75) is 26.2 Å². The molecule has 0 aliphatic rings. The van der Waals surface area contributed by atoms with Crippen LogP contribution in [0.1, 0.15) is 31.7 Å². The van der Waals surface area contributed by atoms with E-state index in [1.165, 1.54) is 7.11 Å². The number of benzene rings is 1. The molecule has 18 heavy (non-hydrogen) atoms. The van der Waals surface area contributed by atoms with Crippen LogP contribution in [-0.2, 0) is 9.53 Å². The van der Waals surface area contributed by atoms with Gasteiger partial charge >= 0.3 is 5.97 Å². The third-order valence-electron chi connectivity index (χ3n) is 2.74. The zero-order valence-corrected chi connectivity index (χ0v) is 11.4. The van der Waals surface area contributed by atoms with Crippen LogP contribution in [0.3, 0.4) is 0 Å². The highest BCUT2D eigenvalue weighted by Gasteiger charge is 2.08. The van der Waals surface area contributed by atoms with E-state index >= 15 is 0 Å². The molecule has 0 aliphatic carbocycles. The molecule has 0 aliphatic heterocycles. The topological polar surface area (TPSA) is 47.6 Å². The van der Waals surface area contributed by atoms with Gasteiger partial charge in [-0.15, -0.1) is 0 Å². The van der Waals surface area contributed by atoms with Gasteiger partial charge < -0.3 is 14.8 Å². The number of methoxy groups -OCH3 is 2. The van der Waals surface area contributed by atoms with E-state index in [1.54, 1.807) is 7.11 Å². The molecule has 100 valence electrons. The Morgan fingerprint density at radius 2 is 2.06 bits per heavy atom. The van der Waals surface area contributed by atoms with Crippen molar-refractivity contribution in [2.24, 2.45) is 0 Å². The number of esters is 1. The largest absolute Gasteiger partial charge is 0.496 e. The minimum Gasteiger partial charge on any atom is -0.496 e. The second-order valence-electron chi connectivity index (χ2n) is 4.36. The summed E-state index contributed by atoms with van der Waals surface area (Å²) in [6.45, 7) is 4.81. The Kier molecular flexibility index (Phi) is 5.49. The van der Waals surface area contributed by atoms with Gasteiger partial charge in [-0.1, -0.05) is 13.8 Å². The summed E-state index contributed by atoms with van der Waals surface area (Å²) in [7, 11) is 3.07. The molecule has 0 saturated carbocycles. The molecule has 0 amide bonds. The fraction of sp³-hybridized carbons (Fsp3) is 0.500. The maximum absolute atomic E-state index is 11.0. The van der Waals surface area contributed by atoms with E-state index in [0.29, 0.717) is 18.9 Å². The number of hydrogen-bond acceptors (Lipinski definition) is 4. The zero-order valence-electron chi connectivity index (χ0n) is 11.4. The summed E-state index contributed by atoms with van der Waals surface area (Å²) in [5.41, 5.74) is 2.14. The van der Waals surface area contributed by atoms with Gasteiger partial charge in [0.25, 0.3) is 0 Å². The lowest BCUT2D eigenvalue weighted by Crippen LogP contribution is -2.10. The van der Waals surface area contributed by atoms with Crippen molar-refractivity contribution >= 4 is 11.7 Å². The second-order valence-corrected chi connectivity index (χ2v) is 4.36. The number of carbonyl (C=O) groups excluding carboxylic acids is 1. The number of anilines is 1. The first kappa shape index (κ1) is 14.4. The SMILES string of the molecule is COC(=O)CCNc1ccc(OC)c(C(C)C)c1. The van der Waals surface area contributed by atoms with Crippen molar-refractivity contribution in [3.05, 3.63) is 23.8 Å². The van der Waals surface area contributed by atoms with E-state index in [0.717, 1.165) is 17.0 Å². The molecule has 1 N–H and O–H groups in total.